The number of hydrazone groups is 1. The number of carboxylic acids is 1. The van der Waals surface area contributed by atoms with Crippen molar-refractivity contribution in [3.8, 4) is 5.75 Å². The number of anilines is 1. The number of hydrogen-bond donors (Lipinski definition) is 2. The second kappa shape index (κ2) is 7.16. The van der Waals surface area contributed by atoms with E-state index in [1.807, 2.05) is 0 Å². The number of nitrogens with one attached hydrogen (secondary N) is 1. The number of nitrogens with zero attached hydrogens (tertiary/aromatic N) is 1. The predicted octanol–water partition coefficient (Wildman–Crippen LogP) is 3.43. The maximum Gasteiger partial charge on any atom is 0.387 e. The lowest BCUT2D eigenvalue weighted by Crippen LogP contribution is -2.04. The highest BCUT2D eigenvalue weighted by atomic mass is 19.3. The van der Waals surface area contributed by atoms with Crippen molar-refractivity contribution < 1.29 is 23.4 Å². The van der Waals surface area contributed by atoms with Gasteiger partial charge in [-0.3, -0.25) is 5.43 Å². The molecule has 2 aromatic rings. The van der Waals surface area contributed by atoms with E-state index in [0.29, 0.717) is 11.3 Å². The average molecular weight is 306 g/mol. The van der Waals surface area contributed by atoms with E-state index < -0.39 is 12.6 Å². The second-order valence-corrected chi connectivity index (χ2v) is 4.17. The maximum absolute atomic E-state index is 12.3. The fourth-order valence-corrected chi connectivity index (χ4v) is 1.69. The summed E-state index contributed by atoms with van der Waals surface area (Å²) in [6.07, 6.45) is 1.31. The van der Waals surface area contributed by atoms with Crippen molar-refractivity contribution in [3.63, 3.8) is 0 Å². The molecular weight excluding hydrogens is 294 g/mol. The number of carbonyl (C=O) groups is 1. The Labute approximate surface area is 124 Å². The largest absolute Gasteiger partial charge is 0.478 e. The zero-order valence-electron chi connectivity index (χ0n) is 11.2. The minimum Gasteiger partial charge on any atom is -0.478 e. The Kier molecular flexibility index (Phi) is 5.02. The van der Waals surface area contributed by atoms with Gasteiger partial charge >= 0.3 is 12.6 Å². The van der Waals surface area contributed by atoms with Gasteiger partial charge in [-0.2, -0.15) is 13.9 Å². The molecule has 114 valence electrons. The number of rotatable bonds is 6. The Morgan fingerprint density at radius 1 is 1.23 bits per heavy atom. The van der Waals surface area contributed by atoms with E-state index in [-0.39, 0.29) is 11.3 Å². The molecule has 0 amide bonds. The molecule has 2 N–H and O–H groups in total. The summed E-state index contributed by atoms with van der Waals surface area (Å²) in [7, 11) is 0. The van der Waals surface area contributed by atoms with Crippen LogP contribution in [0.25, 0.3) is 0 Å². The van der Waals surface area contributed by atoms with Crippen LogP contribution in [0, 0.1) is 0 Å². The molecule has 0 aliphatic rings. The topological polar surface area (TPSA) is 70.9 Å². The van der Waals surface area contributed by atoms with E-state index in [1.165, 1.54) is 24.4 Å². The summed E-state index contributed by atoms with van der Waals surface area (Å²) in [4.78, 5) is 10.8. The Bertz CT molecular complexity index is 690. The van der Waals surface area contributed by atoms with Crippen LogP contribution in [0.4, 0.5) is 14.5 Å². The summed E-state index contributed by atoms with van der Waals surface area (Å²) in [5.41, 5.74) is 3.57. The number of hydrogen-bond acceptors (Lipinski definition) is 4. The first kappa shape index (κ1) is 15.4. The van der Waals surface area contributed by atoms with Crippen LogP contribution in [0.1, 0.15) is 15.9 Å². The van der Waals surface area contributed by atoms with Crippen LogP contribution in [-0.2, 0) is 0 Å². The molecule has 0 aliphatic heterocycles. The van der Waals surface area contributed by atoms with Crippen molar-refractivity contribution in [2.75, 3.05) is 5.43 Å². The summed E-state index contributed by atoms with van der Waals surface area (Å²) < 4.78 is 28.9. The SMILES string of the molecule is O=C(O)c1cccc(N/N=C\c2ccccc2OC(F)F)c1. The van der Waals surface area contributed by atoms with Gasteiger partial charge in [0.1, 0.15) is 5.75 Å². The molecule has 0 radical (unpaired) electrons. The Balaban J connectivity index is 2.10. The minimum atomic E-state index is -2.92. The molecule has 2 aromatic carbocycles. The van der Waals surface area contributed by atoms with Crippen molar-refractivity contribution >= 4 is 17.9 Å². The van der Waals surface area contributed by atoms with Gasteiger partial charge in [0.25, 0.3) is 0 Å². The fraction of sp³-hybridized carbons (Fsp3) is 0.0667. The summed E-state index contributed by atoms with van der Waals surface area (Å²) in [6, 6.07) is 12.2. The standard InChI is InChI=1S/C15H12F2N2O3/c16-15(17)22-13-7-2-1-4-11(13)9-18-19-12-6-3-5-10(8-12)14(20)21/h1-9,15,19H,(H,20,21)/b18-9-. The van der Waals surface area contributed by atoms with Crippen molar-refractivity contribution in [2.24, 2.45) is 5.10 Å². The average Bonchev–Trinajstić information content (AvgIpc) is 2.49. The van der Waals surface area contributed by atoms with Crippen LogP contribution >= 0.6 is 0 Å². The molecule has 0 unspecified atom stereocenters. The highest BCUT2D eigenvalue weighted by molar-refractivity contribution is 5.89. The summed E-state index contributed by atoms with van der Waals surface area (Å²) in [5.74, 6) is -1.05. The molecule has 5 nitrogen and oxygen atoms in total. The van der Waals surface area contributed by atoms with Gasteiger partial charge in [-0.15, -0.1) is 0 Å². The summed E-state index contributed by atoms with van der Waals surface area (Å²) in [6.45, 7) is -2.92. The maximum atomic E-state index is 12.3. The van der Waals surface area contributed by atoms with Crippen LogP contribution in [0.5, 0.6) is 5.75 Å². The second-order valence-electron chi connectivity index (χ2n) is 4.17. The molecule has 0 saturated heterocycles. The van der Waals surface area contributed by atoms with Crippen LogP contribution in [0.3, 0.4) is 0 Å². The Morgan fingerprint density at radius 2 is 2.00 bits per heavy atom. The van der Waals surface area contributed by atoms with E-state index >= 15 is 0 Å². The van der Waals surface area contributed by atoms with Crippen molar-refractivity contribution in [1.29, 1.82) is 0 Å². The smallest absolute Gasteiger partial charge is 0.387 e. The quantitative estimate of drug-likeness (QED) is 0.633. The highest BCUT2D eigenvalue weighted by Crippen LogP contribution is 2.18. The van der Waals surface area contributed by atoms with E-state index in [2.05, 4.69) is 15.3 Å². The Morgan fingerprint density at radius 3 is 2.73 bits per heavy atom. The van der Waals surface area contributed by atoms with Gasteiger partial charge in [0.15, 0.2) is 0 Å². The molecule has 0 aromatic heterocycles. The Hall–Kier alpha value is -2.96. The summed E-state index contributed by atoms with van der Waals surface area (Å²) >= 11 is 0. The molecule has 0 saturated carbocycles. The lowest BCUT2D eigenvalue weighted by atomic mass is 10.2. The molecule has 0 aliphatic carbocycles. The molecule has 0 atom stereocenters. The molecule has 2 rings (SSSR count). The number of halogens is 2. The van der Waals surface area contributed by atoms with Crippen LogP contribution in [0.2, 0.25) is 0 Å². The number of ether oxygens (including phenoxy) is 1. The van der Waals surface area contributed by atoms with E-state index in [4.69, 9.17) is 5.11 Å². The lowest BCUT2D eigenvalue weighted by molar-refractivity contribution is -0.0499. The lowest BCUT2D eigenvalue weighted by Gasteiger charge is -2.07. The third-order valence-electron chi connectivity index (χ3n) is 2.64. The highest BCUT2D eigenvalue weighted by Gasteiger charge is 2.07. The molecule has 7 heteroatoms. The minimum absolute atomic E-state index is 0.00216. The first-order valence-corrected chi connectivity index (χ1v) is 6.22. The van der Waals surface area contributed by atoms with Gasteiger partial charge in [0, 0.05) is 5.56 Å². The predicted molar refractivity (Wildman–Crippen MR) is 77.7 cm³/mol. The van der Waals surface area contributed by atoms with Gasteiger partial charge < -0.3 is 9.84 Å². The van der Waals surface area contributed by atoms with Crippen LogP contribution in [0.15, 0.2) is 53.6 Å². The van der Waals surface area contributed by atoms with Crippen LogP contribution in [-0.4, -0.2) is 23.9 Å². The molecule has 22 heavy (non-hydrogen) atoms. The monoisotopic (exact) mass is 306 g/mol. The van der Waals surface area contributed by atoms with Gasteiger partial charge in [0.2, 0.25) is 0 Å². The zero-order valence-corrected chi connectivity index (χ0v) is 11.2. The van der Waals surface area contributed by atoms with E-state index in [0.717, 1.165) is 0 Å². The summed E-state index contributed by atoms with van der Waals surface area (Å²) in [5, 5.41) is 12.8. The molecule has 0 heterocycles. The van der Waals surface area contributed by atoms with E-state index in [1.54, 1.807) is 30.3 Å². The molecule has 0 fully saturated rings. The van der Waals surface area contributed by atoms with Gasteiger partial charge in [0.05, 0.1) is 17.5 Å². The van der Waals surface area contributed by atoms with Crippen molar-refractivity contribution in [2.45, 2.75) is 6.61 Å². The third-order valence-corrected chi connectivity index (χ3v) is 2.64. The number of aromatic carboxylic acids is 1. The number of alkyl halides is 2. The van der Waals surface area contributed by atoms with Gasteiger partial charge in [-0.05, 0) is 30.3 Å². The molecule has 0 spiro atoms. The third kappa shape index (κ3) is 4.27. The van der Waals surface area contributed by atoms with Crippen molar-refractivity contribution in [3.05, 3.63) is 59.7 Å². The number of benzene rings is 2. The van der Waals surface area contributed by atoms with Gasteiger partial charge in [-0.25, -0.2) is 4.79 Å². The molecular formula is C15H12F2N2O3. The number of para-hydroxylation sites is 1. The van der Waals surface area contributed by atoms with E-state index in [9.17, 15) is 13.6 Å². The first-order chi connectivity index (χ1) is 10.6. The van der Waals surface area contributed by atoms with Gasteiger partial charge in [-0.1, -0.05) is 18.2 Å². The number of carboxylic acid groups (broad SMARTS) is 1. The molecule has 0 bridgehead atoms. The normalized spacial score (nSPS) is 10.9. The zero-order chi connectivity index (χ0) is 15.9. The van der Waals surface area contributed by atoms with Crippen molar-refractivity contribution in [1.82, 2.24) is 0 Å². The van der Waals surface area contributed by atoms with Crippen LogP contribution < -0.4 is 10.2 Å². The first-order valence-electron chi connectivity index (χ1n) is 6.22. The fourth-order valence-electron chi connectivity index (χ4n) is 1.69.